The summed E-state index contributed by atoms with van der Waals surface area (Å²) in [5, 5.41) is 3.40. The number of hydrogen-bond acceptors (Lipinski definition) is 6. The highest BCUT2D eigenvalue weighted by molar-refractivity contribution is 5.67. The molecule has 1 fully saturated rings. The third-order valence-electron chi connectivity index (χ3n) is 4.23. The zero-order valence-corrected chi connectivity index (χ0v) is 15.0. The number of anilines is 2. The van der Waals surface area contributed by atoms with Gasteiger partial charge in [-0.05, 0) is 32.3 Å². The predicted molar refractivity (Wildman–Crippen MR) is 95.4 cm³/mol. The van der Waals surface area contributed by atoms with Crippen molar-refractivity contribution in [2.24, 2.45) is 0 Å². The lowest BCUT2D eigenvalue weighted by molar-refractivity contribution is 0.0983. The summed E-state index contributed by atoms with van der Waals surface area (Å²) in [5.74, 6) is 1.59. The first-order valence-corrected chi connectivity index (χ1v) is 8.86. The van der Waals surface area contributed by atoms with E-state index in [0.29, 0.717) is 25.6 Å². The highest BCUT2D eigenvalue weighted by Gasteiger charge is 2.24. The van der Waals surface area contributed by atoms with Gasteiger partial charge in [0.25, 0.3) is 0 Å². The quantitative estimate of drug-likeness (QED) is 0.826. The van der Waals surface area contributed by atoms with Crippen LogP contribution < -0.4 is 10.2 Å². The average Bonchev–Trinajstić information content (AvgIpc) is 2.60. The van der Waals surface area contributed by atoms with Gasteiger partial charge in [-0.2, -0.15) is 4.98 Å². The molecule has 1 aliphatic rings. The standard InChI is InChI=1S/C17H29N5O2/c1-4-6-11-21(3)15-7-10-18-16(20-15)19-14-8-12-22(13-9-14)17(23)24-5-2/h7,10,14H,4-6,8-9,11-13H2,1-3H3,(H,18,19,20). The van der Waals surface area contributed by atoms with Gasteiger partial charge in [0.05, 0.1) is 6.61 Å². The van der Waals surface area contributed by atoms with Crippen LogP contribution in [-0.4, -0.2) is 60.3 Å². The largest absolute Gasteiger partial charge is 0.450 e. The van der Waals surface area contributed by atoms with Crippen LogP contribution in [0, 0.1) is 0 Å². The molecule has 24 heavy (non-hydrogen) atoms. The van der Waals surface area contributed by atoms with Gasteiger partial charge >= 0.3 is 6.09 Å². The van der Waals surface area contributed by atoms with E-state index in [1.165, 1.54) is 6.42 Å². The fraction of sp³-hybridized carbons (Fsp3) is 0.706. The van der Waals surface area contributed by atoms with Crippen LogP contribution in [0.25, 0.3) is 0 Å². The Kier molecular flexibility index (Phi) is 7.08. The Morgan fingerprint density at radius 1 is 1.42 bits per heavy atom. The molecule has 7 nitrogen and oxygen atoms in total. The number of nitrogens with one attached hydrogen (secondary N) is 1. The Morgan fingerprint density at radius 3 is 2.83 bits per heavy atom. The summed E-state index contributed by atoms with van der Waals surface area (Å²) in [5.41, 5.74) is 0. The fourth-order valence-corrected chi connectivity index (χ4v) is 2.74. The van der Waals surface area contributed by atoms with E-state index in [0.717, 1.165) is 31.6 Å². The van der Waals surface area contributed by atoms with Crippen LogP contribution in [0.5, 0.6) is 0 Å². The van der Waals surface area contributed by atoms with E-state index in [-0.39, 0.29) is 12.1 Å². The number of ether oxygens (including phenoxy) is 1. The molecular formula is C17H29N5O2. The first kappa shape index (κ1) is 18.3. The lowest BCUT2D eigenvalue weighted by atomic mass is 10.1. The second-order valence-electron chi connectivity index (χ2n) is 6.12. The number of unbranched alkanes of at least 4 members (excludes halogenated alkanes) is 1. The number of carbonyl (C=O) groups is 1. The molecule has 2 rings (SSSR count). The molecule has 1 aromatic rings. The molecular weight excluding hydrogens is 306 g/mol. The van der Waals surface area contributed by atoms with Crippen LogP contribution in [0.3, 0.4) is 0 Å². The number of rotatable bonds is 7. The summed E-state index contributed by atoms with van der Waals surface area (Å²) in [4.78, 5) is 24.6. The predicted octanol–water partition coefficient (Wildman–Crippen LogP) is 2.75. The Balaban J connectivity index is 1.85. The lowest BCUT2D eigenvalue weighted by Crippen LogP contribution is -2.42. The van der Waals surface area contributed by atoms with E-state index in [9.17, 15) is 4.79 Å². The summed E-state index contributed by atoms with van der Waals surface area (Å²) in [6.45, 7) is 6.82. The number of likely N-dealkylation sites (tertiary alicyclic amines) is 1. The van der Waals surface area contributed by atoms with Gasteiger partial charge in [-0.25, -0.2) is 9.78 Å². The Labute approximate surface area is 144 Å². The van der Waals surface area contributed by atoms with Gasteiger partial charge in [0, 0.05) is 38.9 Å². The van der Waals surface area contributed by atoms with Crippen molar-refractivity contribution in [1.82, 2.24) is 14.9 Å². The molecule has 7 heteroatoms. The van der Waals surface area contributed by atoms with E-state index >= 15 is 0 Å². The molecule has 0 spiro atoms. The van der Waals surface area contributed by atoms with Crippen LogP contribution in [0.2, 0.25) is 0 Å². The van der Waals surface area contributed by atoms with Crippen LogP contribution in [0.15, 0.2) is 12.3 Å². The molecule has 0 bridgehead atoms. The second-order valence-corrected chi connectivity index (χ2v) is 6.12. The molecule has 0 atom stereocenters. The van der Waals surface area contributed by atoms with E-state index < -0.39 is 0 Å². The van der Waals surface area contributed by atoms with Gasteiger partial charge in [0.2, 0.25) is 5.95 Å². The third kappa shape index (κ3) is 5.25. The van der Waals surface area contributed by atoms with Gasteiger partial charge < -0.3 is 19.9 Å². The van der Waals surface area contributed by atoms with Gasteiger partial charge in [-0.3, -0.25) is 0 Å². The maximum absolute atomic E-state index is 11.7. The van der Waals surface area contributed by atoms with Crippen LogP contribution in [0.4, 0.5) is 16.6 Å². The van der Waals surface area contributed by atoms with E-state index in [1.54, 1.807) is 11.1 Å². The first-order valence-electron chi connectivity index (χ1n) is 8.86. The molecule has 1 aromatic heterocycles. The summed E-state index contributed by atoms with van der Waals surface area (Å²) in [6, 6.07) is 2.22. The number of piperidine rings is 1. The van der Waals surface area contributed by atoms with E-state index in [4.69, 9.17) is 4.74 Å². The number of nitrogens with zero attached hydrogens (tertiary/aromatic N) is 4. The SMILES string of the molecule is CCCCN(C)c1ccnc(NC2CCN(C(=O)OCC)CC2)n1. The van der Waals surface area contributed by atoms with Gasteiger partial charge in [0.1, 0.15) is 5.82 Å². The van der Waals surface area contributed by atoms with Gasteiger partial charge in [-0.1, -0.05) is 13.3 Å². The van der Waals surface area contributed by atoms with Crippen molar-refractivity contribution in [3.8, 4) is 0 Å². The molecule has 0 unspecified atom stereocenters. The second kappa shape index (κ2) is 9.30. The van der Waals surface area contributed by atoms with Crippen LogP contribution in [-0.2, 0) is 4.74 Å². The maximum atomic E-state index is 11.7. The normalized spacial score (nSPS) is 15.2. The molecule has 0 aromatic carbocycles. The highest BCUT2D eigenvalue weighted by Crippen LogP contribution is 2.17. The molecule has 134 valence electrons. The van der Waals surface area contributed by atoms with E-state index in [1.807, 2.05) is 13.0 Å². The molecule has 0 radical (unpaired) electrons. The van der Waals surface area contributed by atoms with E-state index in [2.05, 4.69) is 34.2 Å². The first-order chi connectivity index (χ1) is 11.6. The smallest absolute Gasteiger partial charge is 0.409 e. The average molecular weight is 335 g/mol. The monoisotopic (exact) mass is 335 g/mol. The highest BCUT2D eigenvalue weighted by atomic mass is 16.6. The molecule has 0 aliphatic carbocycles. The number of carbonyl (C=O) groups excluding carboxylic acids is 1. The summed E-state index contributed by atoms with van der Waals surface area (Å²) in [6.07, 6.45) is 5.64. The number of aromatic nitrogens is 2. The minimum absolute atomic E-state index is 0.216. The van der Waals surface area contributed by atoms with Crippen LogP contribution >= 0.6 is 0 Å². The number of hydrogen-bond donors (Lipinski definition) is 1. The van der Waals surface area contributed by atoms with Crippen molar-refractivity contribution in [2.45, 2.75) is 45.6 Å². The summed E-state index contributed by atoms with van der Waals surface area (Å²) in [7, 11) is 2.06. The van der Waals surface area contributed by atoms with Crippen molar-refractivity contribution in [2.75, 3.05) is 43.5 Å². The molecule has 2 heterocycles. The van der Waals surface area contributed by atoms with Crippen molar-refractivity contribution in [3.63, 3.8) is 0 Å². The third-order valence-corrected chi connectivity index (χ3v) is 4.23. The topological polar surface area (TPSA) is 70.6 Å². The molecule has 1 amide bonds. The lowest BCUT2D eigenvalue weighted by Gasteiger charge is -2.31. The number of amides is 1. The zero-order chi connectivity index (χ0) is 17.4. The van der Waals surface area contributed by atoms with Crippen molar-refractivity contribution < 1.29 is 9.53 Å². The zero-order valence-electron chi connectivity index (χ0n) is 15.0. The van der Waals surface area contributed by atoms with Crippen molar-refractivity contribution in [3.05, 3.63) is 12.3 Å². The Hall–Kier alpha value is -2.05. The van der Waals surface area contributed by atoms with Gasteiger partial charge in [-0.15, -0.1) is 0 Å². The van der Waals surface area contributed by atoms with Crippen molar-refractivity contribution >= 4 is 17.9 Å². The fourth-order valence-electron chi connectivity index (χ4n) is 2.74. The molecule has 1 N–H and O–H groups in total. The maximum Gasteiger partial charge on any atom is 0.409 e. The molecule has 1 saturated heterocycles. The Morgan fingerprint density at radius 2 is 2.17 bits per heavy atom. The molecule has 1 aliphatic heterocycles. The summed E-state index contributed by atoms with van der Waals surface area (Å²) < 4.78 is 5.05. The van der Waals surface area contributed by atoms with Gasteiger partial charge in [0.15, 0.2) is 0 Å². The minimum atomic E-state index is -0.216. The summed E-state index contributed by atoms with van der Waals surface area (Å²) >= 11 is 0. The minimum Gasteiger partial charge on any atom is -0.450 e. The molecule has 0 saturated carbocycles. The van der Waals surface area contributed by atoms with Crippen molar-refractivity contribution in [1.29, 1.82) is 0 Å². The Bertz CT molecular complexity index is 517. The van der Waals surface area contributed by atoms with Crippen LogP contribution in [0.1, 0.15) is 39.5 Å².